The number of ether oxygens (including phenoxy) is 6. The van der Waals surface area contributed by atoms with E-state index in [1.807, 2.05) is 13.8 Å². The number of aromatic nitrogens is 2. The van der Waals surface area contributed by atoms with Crippen LogP contribution in [0.25, 0.3) is 0 Å². The molecule has 0 fully saturated rings. The molecule has 14 heteroatoms. The standard InChI is InChI=1S/C31H58N6O8.C3H8.C2H6/c1-4-5-6-13-40-17-21-44-23-19-42-15-8-11-34-30(38)26-28(32)37-27(29(33)36-26)31(39)35-12-9-16-43-20-24-45-22-18-41-14-7-10-25(2)3;1-3-2;1-2/h25H,4-24H2,1-3H3,(H2,32,37)(H2,33,36)(H,34,38)(H,35,39);3H2,1-2H3;1-2H3. The smallest absolute Gasteiger partial charge is 0.273 e. The third kappa shape index (κ3) is 30.2. The Balaban J connectivity index is 0. The van der Waals surface area contributed by atoms with Crippen molar-refractivity contribution >= 4 is 23.5 Å². The van der Waals surface area contributed by atoms with Gasteiger partial charge in [0.15, 0.2) is 23.0 Å². The fourth-order valence-electron chi connectivity index (χ4n) is 3.85. The molecule has 0 radical (unpaired) electrons. The van der Waals surface area contributed by atoms with E-state index in [0.29, 0.717) is 97.9 Å². The molecule has 1 rings (SSSR count). The highest BCUT2D eigenvalue weighted by molar-refractivity contribution is 6.00. The van der Waals surface area contributed by atoms with E-state index >= 15 is 0 Å². The number of amides is 2. The molecule has 0 saturated carbocycles. The van der Waals surface area contributed by atoms with Gasteiger partial charge in [0.25, 0.3) is 11.8 Å². The fraction of sp³-hybridized carbons (Fsp3) is 0.833. The van der Waals surface area contributed by atoms with Gasteiger partial charge in [-0.2, -0.15) is 0 Å². The Morgan fingerprint density at radius 1 is 0.560 bits per heavy atom. The van der Waals surface area contributed by atoms with Gasteiger partial charge in [-0.15, -0.1) is 0 Å². The quantitative estimate of drug-likeness (QED) is 0.0776. The minimum atomic E-state index is -0.531. The number of nitrogen functional groups attached to an aromatic ring is 2. The summed E-state index contributed by atoms with van der Waals surface area (Å²) in [6.07, 6.45) is 8.09. The molecule has 0 bridgehead atoms. The van der Waals surface area contributed by atoms with Crippen molar-refractivity contribution in [3.8, 4) is 0 Å². The normalized spacial score (nSPS) is 10.6. The van der Waals surface area contributed by atoms with Crippen molar-refractivity contribution in [2.24, 2.45) is 5.92 Å². The highest BCUT2D eigenvalue weighted by Crippen LogP contribution is 2.13. The monoisotopic (exact) mass is 717 g/mol. The summed E-state index contributed by atoms with van der Waals surface area (Å²) < 4.78 is 33.0. The second-order valence-corrected chi connectivity index (χ2v) is 11.5. The van der Waals surface area contributed by atoms with Crippen LogP contribution in [0, 0.1) is 5.92 Å². The van der Waals surface area contributed by atoms with Crippen LogP contribution in [0.4, 0.5) is 11.6 Å². The molecule has 0 spiro atoms. The van der Waals surface area contributed by atoms with Gasteiger partial charge in [-0.3, -0.25) is 9.59 Å². The maximum absolute atomic E-state index is 12.5. The molecule has 50 heavy (non-hydrogen) atoms. The first-order valence-electron chi connectivity index (χ1n) is 18.7. The Bertz CT molecular complexity index is 927. The zero-order valence-electron chi connectivity index (χ0n) is 32.4. The van der Waals surface area contributed by atoms with Crippen LogP contribution in [0.2, 0.25) is 0 Å². The Morgan fingerprint density at radius 2 is 0.880 bits per heavy atom. The molecule has 14 nitrogen and oxygen atoms in total. The first-order chi connectivity index (χ1) is 24.3. The van der Waals surface area contributed by atoms with Gasteiger partial charge in [0, 0.05) is 39.5 Å². The zero-order valence-corrected chi connectivity index (χ0v) is 32.4. The van der Waals surface area contributed by atoms with Crippen LogP contribution in [-0.4, -0.2) is 114 Å². The molecule has 0 atom stereocenters. The van der Waals surface area contributed by atoms with Crippen LogP contribution in [0.1, 0.15) is 121 Å². The first kappa shape index (κ1) is 49.5. The number of rotatable bonds is 30. The average molecular weight is 717 g/mol. The number of carbonyl (C=O) groups excluding carboxylic acids is 2. The molecule has 1 aromatic rings. The van der Waals surface area contributed by atoms with Crippen LogP contribution in [0.5, 0.6) is 0 Å². The van der Waals surface area contributed by atoms with Crippen LogP contribution >= 0.6 is 0 Å². The topological polar surface area (TPSA) is 191 Å². The molecular weight excluding hydrogens is 644 g/mol. The van der Waals surface area contributed by atoms with Crippen molar-refractivity contribution < 1.29 is 38.0 Å². The summed E-state index contributed by atoms with van der Waals surface area (Å²) >= 11 is 0. The number of anilines is 2. The lowest BCUT2D eigenvalue weighted by Gasteiger charge is -2.11. The van der Waals surface area contributed by atoms with Crippen LogP contribution < -0.4 is 22.1 Å². The summed E-state index contributed by atoms with van der Waals surface area (Å²) in [6, 6.07) is 0. The molecule has 0 saturated heterocycles. The summed E-state index contributed by atoms with van der Waals surface area (Å²) in [6.45, 7) is 22.0. The van der Waals surface area contributed by atoms with E-state index in [1.165, 1.54) is 25.7 Å². The van der Waals surface area contributed by atoms with Crippen molar-refractivity contribution in [3.05, 3.63) is 11.4 Å². The fourth-order valence-corrected chi connectivity index (χ4v) is 3.85. The van der Waals surface area contributed by atoms with Gasteiger partial charge in [-0.25, -0.2) is 9.97 Å². The SMILES string of the molecule is CC.CCC.CCCCCOCCOCCOCCCNC(=O)c1nc(N)c(C(=O)NCCCOCCOCCOCCCC(C)C)nc1N. The number of nitrogens with zero attached hydrogens (tertiary/aromatic N) is 2. The lowest BCUT2D eigenvalue weighted by atomic mass is 10.1. The minimum absolute atomic E-state index is 0.136. The van der Waals surface area contributed by atoms with E-state index in [-0.39, 0.29) is 23.0 Å². The van der Waals surface area contributed by atoms with Crippen LogP contribution in [-0.2, 0) is 28.4 Å². The first-order valence-corrected chi connectivity index (χ1v) is 18.7. The van der Waals surface area contributed by atoms with E-state index in [9.17, 15) is 9.59 Å². The highest BCUT2D eigenvalue weighted by atomic mass is 16.5. The number of hydrogen-bond acceptors (Lipinski definition) is 12. The summed E-state index contributed by atoms with van der Waals surface area (Å²) in [5.74, 6) is -0.729. The van der Waals surface area contributed by atoms with Crippen molar-refractivity contribution in [1.82, 2.24) is 20.6 Å². The number of nitrogens with two attached hydrogens (primary N) is 2. The molecular formula is C36H72N6O8. The third-order valence-electron chi connectivity index (χ3n) is 6.33. The van der Waals surface area contributed by atoms with Crippen molar-refractivity contribution in [1.29, 1.82) is 0 Å². The van der Waals surface area contributed by atoms with Gasteiger partial charge >= 0.3 is 0 Å². The van der Waals surface area contributed by atoms with Crippen molar-refractivity contribution in [2.75, 3.05) is 104 Å². The predicted octanol–water partition coefficient (Wildman–Crippen LogP) is 5.05. The number of carbonyl (C=O) groups is 2. The molecule has 0 aliphatic carbocycles. The molecule has 1 aromatic heterocycles. The van der Waals surface area contributed by atoms with Crippen LogP contribution in [0.3, 0.4) is 0 Å². The highest BCUT2D eigenvalue weighted by Gasteiger charge is 2.20. The van der Waals surface area contributed by atoms with E-state index < -0.39 is 11.8 Å². The summed E-state index contributed by atoms with van der Waals surface area (Å²) in [4.78, 5) is 33.0. The zero-order chi connectivity index (χ0) is 37.7. The molecule has 0 aliphatic heterocycles. The Morgan fingerprint density at radius 3 is 1.22 bits per heavy atom. The third-order valence-corrected chi connectivity index (χ3v) is 6.33. The second kappa shape index (κ2) is 37.6. The number of unbranched alkanes of at least 4 members (excludes halogenated alkanes) is 2. The van der Waals surface area contributed by atoms with E-state index in [4.69, 9.17) is 39.9 Å². The van der Waals surface area contributed by atoms with Crippen LogP contribution in [0.15, 0.2) is 0 Å². The molecule has 0 aliphatic rings. The van der Waals surface area contributed by atoms with Gasteiger partial charge < -0.3 is 50.5 Å². The molecule has 6 N–H and O–H groups in total. The number of hydrogen-bond donors (Lipinski definition) is 4. The Kier molecular flexibility index (Phi) is 37.2. The van der Waals surface area contributed by atoms with Gasteiger partial charge in [0.05, 0.1) is 52.9 Å². The molecule has 1 heterocycles. The van der Waals surface area contributed by atoms with Gasteiger partial charge in [-0.1, -0.05) is 67.7 Å². The van der Waals surface area contributed by atoms with E-state index in [0.717, 1.165) is 26.1 Å². The minimum Gasteiger partial charge on any atom is -0.382 e. The number of nitrogens with one attached hydrogen (secondary N) is 2. The van der Waals surface area contributed by atoms with Crippen molar-refractivity contribution in [3.63, 3.8) is 0 Å². The van der Waals surface area contributed by atoms with Gasteiger partial charge in [-0.05, 0) is 38.0 Å². The maximum Gasteiger partial charge on any atom is 0.273 e. The maximum atomic E-state index is 12.5. The lowest BCUT2D eigenvalue weighted by molar-refractivity contribution is 0.0133. The van der Waals surface area contributed by atoms with Crippen molar-refractivity contribution in [2.45, 2.75) is 99.8 Å². The predicted molar refractivity (Wildman–Crippen MR) is 201 cm³/mol. The summed E-state index contributed by atoms with van der Waals surface area (Å²) in [5.41, 5.74) is 11.5. The average Bonchev–Trinajstić information content (AvgIpc) is 3.10. The van der Waals surface area contributed by atoms with Gasteiger partial charge in [0.1, 0.15) is 0 Å². The lowest BCUT2D eigenvalue weighted by Crippen LogP contribution is -2.31. The molecule has 2 amide bonds. The second-order valence-electron chi connectivity index (χ2n) is 11.5. The van der Waals surface area contributed by atoms with E-state index in [2.05, 4.69) is 55.2 Å². The molecule has 0 aromatic carbocycles. The summed E-state index contributed by atoms with van der Waals surface area (Å²) in [5, 5.41) is 5.41. The molecule has 294 valence electrons. The largest absolute Gasteiger partial charge is 0.382 e. The van der Waals surface area contributed by atoms with E-state index in [1.54, 1.807) is 0 Å². The Labute approximate surface area is 302 Å². The Hall–Kier alpha value is -2.62. The molecule has 0 unspecified atom stereocenters. The summed E-state index contributed by atoms with van der Waals surface area (Å²) in [7, 11) is 0. The van der Waals surface area contributed by atoms with Gasteiger partial charge in [0.2, 0.25) is 0 Å².